The summed E-state index contributed by atoms with van der Waals surface area (Å²) in [7, 11) is 0. The molecule has 1 aliphatic heterocycles. The van der Waals surface area contributed by atoms with Gasteiger partial charge in [-0.1, -0.05) is 17.7 Å². The van der Waals surface area contributed by atoms with Crippen molar-refractivity contribution in [1.82, 2.24) is 15.1 Å². The van der Waals surface area contributed by atoms with Crippen molar-refractivity contribution < 1.29 is 4.79 Å². The number of benzene rings is 1. The molecule has 0 atom stereocenters. The van der Waals surface area contributed by atoms with Gasteiger partial charge < -0.3 is 15.1 Å². The van der Waals surface area contributed by atoms with Gasteiger partial charge in [-0.3, -0.25) is 0 Å². The number of aryl methyl sites for hydroxylation is 1. The molecule has 0 aliphatic carbocycles. The van der Waals surface area contributed by atoms with Crippen LogP contribution < -0.4 is 10.2 Å². The van der Waals surface area contributed by atoms with E-state index in [0.717, 1.165) is 24.6 Å². The van der Waals surface area contributed by atoms with E-state index >= 15 is 0 Å². The number of urea groups is 1. The van der Waals surface area contributed by atoms with Gasteiger partial charge in [0.1, 0.15) is 0 Å². The van der Waals surface area contributed by atoms with Crippen molar-refractivity contribution in [2.75, 3.05) is 36.4 Å². The second kappa shape index (κ2) is 6.83. The molecule has 0 unspecified atom stereocenters. The number of piperazine rings is 1. The summed E-state index contributed by atoms with van der Waals surface area (Å²) in [5.74, 6) is 0.852. The zero-order valence-electron chi connectivity index (χ0n) is 12.9. The highest BCUT2D eigenvalue weighted by Crippen LogP contribution is 2.17. The Labute approximate surface area is 140 Å². The monoisotopic (exact) mass is 331 g/mol. The van der Waals surface area contributed by atoms with E-state index in [1.807, 2.05) is 31.2 Å². The predicted octanol–water partition coefficient (Wildman–Crippen LogP) is 2.79. The molecule has 2 heterocycles. The lowest BCUT2D eigenvalue weighted by molar-refractivity contribution is 0.208. The number of nitrogens with zero attached hydrogens (tertiary/aromatic N) is 4. The van der Waals surface area contributed by atoms with E-state index in [0.29, 0.717) is 23.8 Å². The summed E-state index contributed by atoms with van der Waals surface area (Å²) in [4.78, 5) is 16.2. The fourth-order valence-electron chi connectivity index (χ4n) is 2.47. The second-order valence-corrected chi connectivity index (χ2v) is 5.88. The van der Waals surface area contributed by atoms with Crippen molar-refractivity contribution in [1.29, 1.82) is 0 Å². The largest absolute Gasteiger partial charge is 0.352 e. The Kier molecular flexibility index (Phi) is 4.62. The first-order valence-electron chi connectivity index (χ1n) is 7.48. The van der Waals surface area contributed by atoms with Crippen LogP contribution in [0.1, 0.15) is 5.69 Å². The van der Waals surface area contributed by atoms with Crippen molar-refractivity contribution in [2.45, 2.75) is 6.92 Å². The molecule has 23 heavy (non-hydrogen) atoms. The highest BCUT2D eigenvalue weighted by atomic mass is 35.5. The van der Waals surface area contributed by atoms with Crippen molar-refractivity contribution in [2.24, 2.45) is 0 Å². The molecule has 0 radical (unpaired) electrons. The zero-order chi connectivity index (χ0) is 16.2. The number of carbonyl (C=O) groups excluding carboxylic acids is 1. The fourth-order valence-corrected chi connectivity index (χ4v) is 2.66. The number of hydrogen-bond donors (Lipinski definition) is 1. The van der Waals surface area contributed by atoms with Crippen LogP contribution in [0, 0.1) is 6.92 Å². The first-order chi connectivity index (χ1) is 11.1. The normalized spacial score (nSPS) is 14.7. The average molecular weight is 332 g/mol. The van der Waals surface area contributed by atoms with Crippen LogP contribution in [-0.2, 0) is 0 Å². The lowest BCUT2D eigenvalue weighted by Gasteiger charge is -2.35. The van der Waals surface area contributed by atoms with Gasteiger partial charge in [-0.25, -0.2) is 4.79 Å². The van der Waals surface area contributed by atoms with Crippen LogP contribution in [0.25, 0.3) is 0 Å². The number of rotatable bonds is 2. The summed E-state index contributed by atoms with van der Waals surface area (Å²) in [6, 6.07) is 10.9. The maximum absolute atomic E-state index is 12.3. The van der Waals surface area contributed by atoms with Crippen molar-refractivity contribution >= 4 is 29.1 Å². The van der Waals surface area contributed by atoms with Crippen molar-refractivity contribution in [3.63, 3.8) is 0 Å². The van der Waals surface area contributed by atoms with E-state index in [1.165, 1.54) is 0 Å². The van der Waals surface area contributed by atoms with Gasteiger partial charge in [-0.2, -0.15) is 5.10 Å². The molecule has 6 nitrogen and oxygen atoms in total. The summed E-state index contributed by atoms with van der Waals surface area (Å²) < 4.78 is 0. The minimum Gasteiger partial charge on any atom is -0.352 e. The molecule has 1 aromatic heterocycles. The lowest BCUT2D eigenvalue weighted by Crippen LogP contribution is -2.50. The Morgan fingerprint density at radius 2 is 1.91 bits per heavy atom. The van der Waals surface area contributed by atoms with Crippen LogP contribution in [0.4, 0.5) is 16.3 Å². The molecule has 1 aromatic carbocycles. The number of nitrogens with one attached hydrogen (secondary N) is 1. The molecule has 1 N–H and O–H groups in total. The smallest absolute Gasteiger partial charge is 0.321 e. The van der Waals surface area contributed by atoms with E-state index in [2.05, 4.69) is 20.4 Å². The Bertz CT molecular complexity index is 683. The first-order valence-corrected chi connectivity index (χ1v) is 7.86. The number of hydrogen-bond acceptors (Lipinski definition) is 4. The number of carbonyl (C=O) groups is 1. The van der Waals surface area contributed by atoms with Crippen LogP contribution in [0.3, 0.4) is 0 Å². The van der Waals surface area contributed by atoms with Gasteiger partial charge in [0.15, 0.2) is 5.82 Å². The van der Waals surface area contributed by atoms with Gasteiger partial charge in [0, 0.05) is 36.9 Å². The van der Waals surface area contributed by atoms with Crippen LogP contribution in [0.2, 0.25) is 5.02 Å². The van der Waals surface area contributed by atoms with Gasteiger partial charge in [0.25, 0.3) is 0 Å². The standard InChI is InChI=1S/C16H18ClN5O/c1-12-5-6-15(20-19-12)21-7-9-22(10-8-21)16(23)18-14-4-2-3-13(17)11-14/h2-6,11H,7-10H2,1H3,(H,18,23). The SMILES string of the molecule is Cc1ccc(N2CCN(C(=O)Nc3cccc(Cl)c3)CC2)nn1. The summed E-state index contributed by atoms with van der Waals surface area (Å²) in [6.07, 6.45) is 0. The number of amides is 2. The Morgan fingerprint density at radius 1 is 1.13 bits per heavy atom. The molecule has 120 valence electrons. The van der Waals surface area contributed by atoms with E-state index < -0.39 is 0 Å². The maximum atomic E-state index is 12.3. The predicted molar refractivity (Wildman–Crippen MR) is 91.0 cm³/mol. The molecule has 1 fully saturated rings. The highest BCUT2D eigenvalue weighted by molar-refractivity contribution is 6.30. The molecule has 3 rings (SSSR count). The number of aromatic nitrogens is 2. The van der Waals surface area contributed by atoms with Gasteiger partial charge in [-0.15, -0.1) is 5.10 Å². The van der Waals surface area contributed by atoms with Crippen LogP contribution in [0.5, 0.6) is 0 Å². The van der Waals surface area contributed by atoms with Crippen LogP contribution in [-0.4, -0.2) is 47.3 Å². The molecule has 7 heteroatoms. The highest BCUT2D eigenvalue weighted by Gasteiger charge is 2.22. The van der Waals surface area contributed by atoms with Crippen LogP contribution in [0.15, 0.2) is 36.4 Å². The maximum Gasteiger partial charge on any atom is 0.321 e. The number of anilines is 2. The molecular formula is C16H18ClN5O. The topological polar surface area (TPSA) is 61.4 Å². The molecular weight excluding hydrogens is 314 g/mol. The third-order valence-electron chi connectivity index (χ3n) is 3.75. The van der Waals surface area contributed by atoms with Gasteiger partial charge in [0.05, 0.1) is 5.69 Å². The molecule has 0 spiro atoms. The third kappa shape index (κ3) is 3.90. The Hall–Kier alpha value is -2.34. The van der Waals surface area contributed by atoms with Gasteiger partial charge in [-0.05, 0) is 37.3 Å². The lowest BCUT2D eigenvalue weighted by atomic mass is 10.3. The van der Waals surface area contributed by atoms with E-state index in [4.69, 9.17) is 11.6 Å². The molecule has 0 bridgehead atoms. The quantitative estimate of drug-likeness (QED) is 0.919. The summed E-state index contributed by atoms with van der Waals surface area (Å²) in [5, 5.41) is 11.7. The zero-order valence-corrected chi connectivity index (χ0v) is 13.6. The van der Waals surface area contributed by atoms with Crippen molar-refractivity contribution in [3.8, 4) is 0 Å². The molecule has 0 saturated carbocycles. The average Bonchev–Trinajstić information content (AvgIpc) is 2.56. The van der Waals surface area contributed by atoms with Crippen molar-refractivity contribution in [3.05, 3.63) is 47.1 Å². The summed E-state index contributed by atoms with van der Waals surface area (Å²) in [6.45, 7) is 4.67. The minimum atomic E-state index is -0.109. The van der Waals surface area contributed by atoms with E-state index in [-0.39, 0.29) is 6.03 Å². The molecule has 1 aliphatic rings. The molecule has 2 aromatic rings. The Balaban J connectivity index is 1.56. The van der Waals surface area contributed by atoms with E-state index in [9.17, 15) is 4.79 Å². The van der Waals surface area contributed by atoms with Gasteiger partial charge in [0.2, 0.25) is 0 Å². The first kappa shape index (κ1) is 15.6. The summed E-state index contributed by atoms with van der Waals surface area (Å²) >= 11 is 5.93. The fraction of sp³-hybridized carbons (Fsp3) is 0.312. The molecule has 1 saturated heterocycles. The third-order valence-corrected chi connectivity index (χ3v) is 3.99. The number of halogens is 1. The summed E-state index contributed by atoms with van der Waals surface area (Å²) in [5.41, 5.74) is 1.60. The molecule has 2 amide bonds. The van der Waals surface area contributed by atoms with Crippen LogP contribution >= 0.6 is 11.6 Å². The van der Waals surface area contributed by atoms with E-state index in [1.54, 1.807) is 17.0 Å². The second-order valence-electron chi connectivity index (χ2n) is 5.45. The minimum absolute atomic E-state index is 0.109. The Morgan fingerprint density at radius 3 is 2.57 bits per heavy atom. The van der Waals surface area contributed by atoms with Gasteiger partial charge >= 0.3 is 6.03 Å².